The van der Waals surface area contributed by atoms with Crippen LogP contribution in [0.4, 0.5) is 5.69 Å². The zero-order valence-electron chi connectivity index (χ0n) is 21.8. The molecule has 1 saturated heterocycles. The van der Waals surface area contributed by atoms with Crippen molar-refractivity contribution in [2.75, 3.05) is 51.3 Å². The Hall–Kier alpha value is -2.44. The van der Waals surface area contributed by atoms with Crippen LogP contribution < -0.4 is 14.4 Å². The van der Waals surface area contributed by atoms with E-state index < -0.39 is 0 Å². The summed E-state index contributed by atoms with van der Waals surface area (Å²) in [5.41, 5.74) is 5.19. The molecular formula is C29H38ClN3O3. The Balaban J connectivity index is 1.27. The van der Waals surface area contributed by atoms with Crippen molar-refractivity contribution in [1.82, 2.24) is 9.80 Å². The lowest BCUT2D eigenvalue weighted by Gasteiger charge is -2.28. The van der Waals surface area contributed by atoms with Gasteiger partial charge in [0.2, 0.25) is 5.91 Å². The number of para-hydroxylation sites is 1. The first-order valence-electron chi connectivity index (χ1n) is 13.3. The normalized spacial score (nSPS) is 19.5. The van der Waals surface area contributed by atoms with E-state index in [0.29, 0.717) is 42.2 Å². The number of anilines is 1. The van der Waals surface area contributed by atoms with Gasteiger partial charge in [0.05, 0.1) is 24.2 Å². The fraction of sp³-hybridized carbons (Fsp3) is 0.552. The monoisotopic (exact) mass is 511 g/mol. The molecule has 0 saturated carbocycles. The number of hydrogen-bond acceptors (Lipinski definition) is 5. The predicted molar refractivity (Wildman–Crippen MR) is 144 cm³/mol. The third-order valence-electron chi connectivity index (χ3n) is 7.45. The number of benzene rings is 2. The lowest BCUT2D eigenvalue weighted by molar-refractivity contribution is -0.136. The maximum Gasteiger partial charge on any atom is 0.227 e. The lowest BCUT2D eigenvalue weighted by Crippen LogP contribution is -2.39. The van der Waals surface area contributed by atoms with E-state index in [1.165, 1.54) is 16.8 Å². The number of rotatable bonds is 7. The van der Waals surface area contributed by atoms with Gasteiger partial charge in [0, 0.05) is 51.9 Å². The van der Waals surface area contributed by atoms with Crippen LogP contribution in [0.1, 0.15) is 43.4 Å². The molecule has 3 aliphatic rings. The molecule has 0 aliphatic carbocycles. The molecule has 0 spiro atoms. The molecule has 0 bridgehead atoms. The number of likely N-dealkylation sites (N-methyl/N-ethyl adjacent to an activating group) is 1. The molecule has 3 heterocycles. The Morgan fingerprint density at radius 1 is 1.19 bits per heavy atom. The average molecular weight is 512 g/mol. The summed E-state index contributed by atoms with van der Waals surface area (Å²) in [7, 11) is 2.18. The zero-order chi connectivity index (χ0) is 25.2. The minimum Gasteiger partial charge on any atom is -0.489 e. The van der Waals surface area contributed by atoms with E-state index in [0.717, 1.165) is 57.5 Å². The van der Waals surface area contributed by atoms with E-state index in [9.17, 15) is 4.79 Å². The summed E-state index contributed by atoms with van der Waals surface area (Å²) < 4.78 is 11.7. The number of fused-ring (bicyclic) bond motifs is 2. The topological polar surface area (TPSA) is 45.3 Å². The smallest absolute Gasteiger partial charge is 0.227 e. The number of carbonyl (C=O) groups is 1. The fourth-order valence-electron chi connectivity index (χ4n) is 5.81. The van der Waals surface area contributed by atoms with Gasteiger partial charge in [-0.25, -0.2) is 0 Å². The Bertz CT molecular complexity index is 1110. The third kappa shape index (κ3) is 5.45. The van der Waals surface area contributed by atoms with Crippen LogP contribution >= 0.6 is 11.6 Å². The SMILES string of the molecule is CC(C)CN(Cc1cc(Cl)c2c(c1)OCCCO2)C(=O)[C@@H]1CCN(Cc2cccc3c2N(C)CC3)C1. The molecule has 2 aromatic carbocycles. The van der Waals surface area contributed by atoms with Crippen LogP contribution in [0.25, 0.3) is 0 Å². The van der Waals surface area contributed by atoms with Gasteiger partial charge in [0.1, 0.15) is 0 Å². The number of hydrogen-bond donors (Lipinski definition) is 0. The Kier molecular flexibility index (Phi) is 7.63. The van der Waals surface area contributed by atoms with Crippen molar-refractivity contribution in [3.05, 3.63) is 52.0 Å². The number of nitrogens with zero attached hydrogens (tertiary/aromatic N) is 3. The van der Waals surface area contributed by atoms with Crippen LogP contribution in [0.15, 0.2) is 30.3 Å². The van der Waals surface area contributed by atoms with E-state index >= 15 is 0 Å². The maximum atomic E-state index is 13.8. The second-order valence-electron chi connectivity index (χ2n) is 10.9. The van der Waals surface area contributed by atoms with Crippen LogP contribution in [0.2, 0.25) is 5.02 Å². The van der Waals surface area contributed by atoms with Crippen molar-refractivity contribution in [3.8, 4) is 11.5 Å². The van der Waals surface area contributed by atoms with Gasteiger partial charge in [-0.05, 0) is 54.1 Å². The fourth-order valence-corrected chi connectivity index (χ4v) is 6.10. The van der Waals surface area contributed by atoms with Crippen molar-refractivity contribution in [2.24, 2.45) is 11.8 Å². The van der Waals surface area contributed by atoms with Crippen LogP contribution in [0, 0.1) is 11.8 Å². The van der Waals surface area contributed by atoms with E-state index in [1.807, 2.05) is 17.0 Å². The van der Waals surface area contributed by atoms with Gasteiger partial charge in [-0.1, -0.05) is 43.6 Å². The third-order valence-corrected chi connectivity index (χ3v) is 7.73. The molecule has 7 heteroatoms. The largest absolute Gasteiger partial charge is 0.489 e. The minimum atomic E-state index is 0.0223. The highest BCUT2D eigenvalue weighted by Crippen LogP contribution is 2.38. The molecule has 0 aromatic heterocycles. The molecular weight excluding hydrogens is 474 g/mol. The molecule has 0 unspecified atom stereocenters. The van der Waals surface area contributed by atoms with Crippen molar-refractivity contribution < 1.29 is 14.3 Å². The average Bonchev–Trinajstić information content (AvgIpc) is 3.38. The van der Waals surface area contributed by atoms with Gasteiger partial charge in [0.15, 0.2) is 11.5 Å². The molecule has 194 valence electrons. The Morgan fingerprint density at radius 2 is 2.03 bits per heavy atom. The molecule has 6 nitrogen and oxygen atoms in total. The van der Waals surface area contributed by atoms with Gasteiger partial charge in [-0.15, -0.1) is 0 Å². The van der Waals surface area contributed by atoms with Crippen LogP contribution in [0.5, 0.6) is 11.5 Å². The van der Waals surface area contributed by atoms with E-state index in [2.05, 4.69) is 48.9 Å². The molecule has 36 heavy (non-hydrogen) atoms. The van der Waals surface area contributed by atoms with Crippen LogP contribution in [0.3, 0.4) is 0 Å². The summed E-state index contributed by atoms with van der Waals surface area (Å²) in [6.45, 7) is 10.5. The molecule has 0 N–H and O–H groups in total. The van der Waals surface area contributed by atoms with E-state index in [-0.39, 0.29) is 11.8 Å². The van der Waals surface area contributed by atoms with E-state index in [4.69, 9.17) is 21.1 Å². The summed E-state index contributed by atoms with van der Waals surface area (Å²) in [5, 5.41) is 0.550. The molecule has 0 radical (unpaired) electrons. The van der Waals surface area contributed by atoms with Crippen molar-refractivity contribution in [3.63, 3.8) is 0 Å². The number of halogens is 1. The summed E-state index contributed by atoms with van der Waals surface area (Å²) in [6, 6.07) is 10.6. The van der Waals surface area contributed by atoms with Crippen LogP contribution in [-0.2, 0) is 24.3 Å². The van der Waals surface area contributed by atoms with Gasteiger partial charge in [-0.2, -0.15) is 0 Å². The molecule has 2 aromatic rings. The Morgan fingerprint density at radius 3 is 2.86 bits per heavy atom. The maximum absolute atomic E-state index is 13.8. The molecule has 1 amide bonds. The molecule has 5 rings (SSSR count). The van der Waals surface area contributed by atoms with Gasteiger partial charge >= 0.3 is 0 Å². The Labute approximate surface area is 220 Å². The second kappa shape index (κ2) is 10.9. The number of ether oxygens (including phenoxy) is 2. The number of amides is 1. The van der Waals surface area contributed by atoms with Gasteiger partial charge in [-0.3, -0.25) is 9.69 Å². The first-order valence-corrected chi connectivity index (χ1v) is 13.7. The van der Waals surface area contributed by atoms with Crippen LogP contribution in [-0.4, -0.2) is 62.1 Å². The highest BCUT2D eigenvalue weighted by Gasteiger charge is 2.33. The molecule has 1 atom stereocenters. The highest BCUT2D eigenvalue weighted by molar-refractivity contribution is 6.32. The first-order chi connectivity index (χ1) is 17.4. The van der Waals surface area contributed by atoms with Crippen molar-refractivity contribution in [1.29, 1.82) is 0 Å². The van der Waals surface area contributed by atoms with Crippen molar-refractivity contribution >= 4 is 23.2 Å². The second-order valence-corrected chi connectivity index (χ2v) is 11.3. The zero-order valence-corrected chi connectivity index (χ0v) is 22.5. The standard InChI is InChI=1S/C29H38ClN3O3/c1-20(2)16-33(17-21-14-25(30)28-26(15-21)35-12-5-13-36-28)29(34)24-9-11-32(19-24)18-23-7-4-6-22-8-10-31(3)27(22)23/h4,6-7,14-15,20,24H,5,8-13,16-19H2,1-3H3/t24-/m1/s1. The number of carbonyl (C=O) groups excluding carboxylic acids is 1. The number of likely N-dealkylation sites (tertiary alicyclic amines) is 1. The minimum absolute atomic E-state index is 0.0223. The quantitative estimate of drug-likeness (QED) is 0.523. The first kappa shape index (κ1) is 25.2. The molecule has 3 aliphatic heterocycles. The van der Waals surface area contributed by atoms with Gasteiger partial charge < -0.3 is 19.3 Å². The summed E-state index contributed by atoms with van der Waals surface area (Å²) >= 11 is 6.54. The predicted octanol–water partition coefficient (Wildman–Crippen LogP) is 5.00. The van der Waals surface area contributed by atoms with Crippen molar-refractivity contribution in [2.45, 2.75) is 46.2 Å². The van der Waals surface area contributed by atoms with E-state index in [1.54, 1.807) is 0 Å². The summed E-state index contributed by atoms with van der Waals surface area (Å²) in [5.74, 6) is 1.94. The summed E-state index contributed by atoms with van der Waals surface area (Å²) in [4.78, 5) is 20.6. The summed E-state index contributed by atoms with van der Waals surface area (Å²) in [6.07, 6.45) is 2.85. The molecule has 1 fully saturated rings. The van der Waals surface area contributed by atoms with Gasteiger partial charge in [0.25, 0.3) is 0 Å². The lowest BCUT2D eigenvalue weighted by atomic mass is 10.0. The highest BCUT2D eigenvalue weighted by atomic mass is 35.5.